The zero-order chi connectivity index (χ0) is 19.3. The van der Waals surface area contributed by atoms with E-state index < -0.39 is 0 Å². The molecule has 0 N–H and O–H groups in total. The molecule has 5 nitrogen and oxygen atoms in total. The number of carbonyl (C=O) groups is 1. The van der Waals surface area contributed by atoms with Crippen molar-refractivity contribution in [3.05, 3.63) is 78.5 Å². The second kappa shape index (κ2) is 8.23. The van der Waals surface area contributed by atoms with Crippen LogP contribution in [0.1, 0.15) is 11.3 Å². The monoisotopic (exact) mass is 374 g/mol. The average Bonchev–Trinajstić information content (AvgIpc) is 2.77. The van der Waals surface area contributed by atoms with Crippen LogP contribution >= 0.6 is 0 Å². The maximum absolute atomic E-state index is 12.5. The van der Waals surface area contributed by atoms with E-state index in [0.717, 1.165) is 27.9 Å². The van der Waals surface area contributed by atoms with Gasteiger partial charge in [0.1, 0.15) is 12.4 Å². The minimum absolute atomic E-state index is 0.0441. The van der Waals surface area contributed by atoms with Gasteiger partial charge in [-0.1, -0.05) is 43.0 Å². The van der Waals surface area contributed by atoms with Gasteiger partial charge in [-0.05, 0) is 29.8 Å². The maximum Gasteiger partial charge on any atom is 0.254 e. The summed E-state index contributed by atoms with van der Waals surface area (Å²) in [5.41, 5.74) is 3.11. The number of carbonyl (C=O) groups excluding carboxylic acids is 1. The second-order valence-electron chi connectivity index (χ2n) is 6.69. The molecule has 1 aliphatic heterocycles. The van der Waals surface area contributed by atoms with E-state index >= 15 is 0 Å². The number of aromatic nitrogens is 1. The van der Waals surface area contributed by atoms with Gasteiger partial charge in [0.15, 0.2) is 0 Å². The molecule has 28 heavy (non-hydrogen) atoms. The number of benzene rings is 2. The van der Waals surface area contributed by atoms with Gasteiger partial charge in [0.25, 0.3) is 5.91 Å². The molecule has 3 aromatic rings. The third-order valence-corrected chi connectivity index (χ3v) is 4.80. The van der Waals surface area contributed by atoms with Crippen molar-refractivity contribution in [1.29, 1.82) is 0 Å². The average molecular weight is 374 g/mol. The number of morpholine rings is 1. The van der Waals surface area contributed by atoms with Gasteiger partial charge in [0.2, 0.25) is 0 Å². The molecule has 0 bridgehead atoms. The van der Waals surface area contributed by atoms with Crippen molar-refractivity contribution in [2.45, 2.75) is 6.61 Å². The SMILES string of the molecule is C=C(C(=O)N1CCOCC1)c1ccc(OCc2ccc3ccccc3n2)cc1. The Hall–Kier alpha value is -3.18. The quantitative estimate of drug-likeness (QED) is 0.639. The molecule has 1 aliphatic rings. The molecule has 4 rings (SSSR count). The van der Waals surface area contributed by atoms with E-state index in [1.54, 1.807) is 4.90 Å². The van der Waals surface area contributed by atoms with E-state index in [-0.39, 0.29) is 5.91 Å². The lowest BCUT2D eigenvalue weighted by atomic mass is 10.1. The Labute approximate surface area is 164 Å². The van der Waals surface area contributed by atoms with Gasteiger partial charge in [0.05, 0.1) is 24.4 Å². The van der Waals surface area contributed by atoms with Crippen molar-refractivity contribution in [2.75, 3.05) is 26.3 Å². The van der Waals surface area contributed by atoms with Crippen molar-refractivity contribution in [3.8, 4) is 5.75 Å². The largest absolute Gasteiger partial charge is 0.487 e. The number of amides is 1. The van der Waals surface area contributed by atoms with Crippen LogP contribution in [0.5, 0.6) is 5.75 Å². The molecule has 0 unspecified atom stereocenters. The Balaban J connectivity index is 1.38. The molecular weight excluding hydrogens is 352 g/mol. The summed E-state index contributed by atoms with van der Waals surface area (Å²) in [5.74, 6) is 0.683. The van der Waals surface area contributed by atoms with Crippen LogP contribution in [0.2, 0.25) is 0 Å². The lowest BCUT2D eigenvalue weighted by Gasteiger charge is -2.27. The fourth-order valence-corrected chi connectivity index (χ4v) is 3.18. The number of fused-ring (bicyclic) bond motifs is 1. The summed E-state index contributed by atoms with van der Waals surface area (Å²) in [6, 6.07) is 19.5. The van der Waals surface area contributed by atoms with Crippen molar-refractivity contribution >= 4 is 22.4 Å². The highest BCUT2D eigenvalue weighted by molar-refractivity contribution is 6.18. The molecule has 2 heterocycles. The highest BCUT2D eigenvalue weighted by Crippen LogP contribution is 2.21. The molecule has 0 spiro atoms. The van der Waals surface area contributed by atoms with E-state index in [2.05, 4.69) is 11.6 Å². The van der Waals surface area contributed by atoms with Crippen molar-refractivity contribution in [3.63, 3.8) is 0 Å². The zero-order valence-electron chi connectivity index (χ0n) is 15.6. The van der Waals surface area contributed by atoms with Crippen LogP contribution in [0.4, 0.5) is 0 Å². The Kier molecular flexibility index (Phi) is 5.35. The number of ether oxygens (including phenoxy) is 2. The van der Waals surface area contributed by atoms with Crippen LogP contribution in [0.25, 0.3) is 16.5 Å². The topological polar surface area (TPSA) is 51.7 Å². The van der Waals surface area contributed by atoms with Crippen LogP contribution < -0.4 is 4.74 Å². The van der Waals surface area contributed by atoms with Gasteiger partial charge in [-0.2, -0.15) is 0 Å². The molecular formula is C23H22N2O3. The lowest BCUT2D eigenvalue weighted by Crippen LogP contribution is -2.40. The van der Waals surface area contributed by atoms with Crippen molar-refractivity contribution < 1.29 is 14.3 Å². The minimum Gasteiger partial charge on any atom is -0.487 e. The zero-order valence-corrected chi connectivity index (χ0v) is 15.6. The van der Waals surface area contributed by atoms with Crippen LogP contribution in [-0.2, 0) is 16.1 Å². The molecule has 0 radical (unpaired) electrons. The summed E-state index contributed by atoms with van der Waals surface area (Å²) in [6.45, 7) is 6.73. The number of pyridine rings is 1. The van der Waals surface area contributed by atoms with Gasteiger partial charge in [-0.25, -0.2) is 4.98 Å². The fourth-order valence-electron chi connectivity index (χ4n) is 3.18. The molecule has 1 amide bonds. The molecule has 1 saturated heterocycles. The first-order chi connectivity index (χ1) is 13.7. The first-order valence-corrected chi connectivity index (χ1v) is 9.34. The van der Waals surface area contributed by atoms with Crippen molar-refractivity contribution in [2.24, 2.45) is 0 Å². The van der Waals surface area contributed by atoms with Crippen LogP contribution in [-0.4, -0.2) is 42.1 Å². The first kappa shape index (κ1) is 18.2. The van der Waals surface area contributed by atoms with Gasteiger partial charge in [0, 0.05) is 24.0 Å². The third-order valence-electron chi connectivity index (χ3n) is 4.80. The summed E-state index contributed by atoms with van der Waals surface area (Å²) in [7, 11) is 0. The predicted molar refractivity (Wildman–Crippen MR) is 109 cm³/mol. The Morgan fingerprint density at radius 1 is 1.04 bits per heavy atom. The highest BCUT2D eigenvalue weighted by atomic mass is 16.5. The van der Waals surface area contributed by atoms with E-state index in [1.165, 1.54) is 0 Å². The standard InChI is InChI=1S/C23H22N2O3/c1-17(23(26)25-12-14-27-15-13-25)18-7-10-21(11-8-18)28-16-20-9-6-19-4-2-3-5-22(19)24-20/h2-11H,1,12-16H2. The minimum atomic E-state index is -0.0441. The molecule has 0 atom stereocenters. The number of para-hydroxylation sites is 1. The highest BCUT2D eigenvalue weighted by Gasteiger charge is 2.20. The van der Waals surface area contributed by atoms with E-state index in [0.29, 0.717) is 38.5 Å². The molecule has 142 valence electrons. The van der Waals surface area contributed by atoms with Crippen LogP contribution in [0.3, 0.4) is 0 Å². The molecule has 0 saturated carbocycles. The number of nitrogens with zero attached hydrogens (tertiary/aromatic N) is 2. The summed E-state index contributed by atoms with van der Waals surface area (Å²) in [4.78, 5) is 18.9. The predicted octanol–water partition coefficient (Wildman–Crippen LogP) is 3.69. The van der Waals surface area contributed by atoms with Crippen LogP contribution in [0.15, 0.2) is 67.2 Å². The fraction of sp³-hybridized carbons (Fsp3) is 0.217. The Morgan fingerprint density at radius 2 is 1.79 bits per heavy atom. The Bertz CT molecular complexity index is 992. The maximum atomic E-state index is 12.5. The summed E-state index contributed by atoms with van der Waals surface area (Å²) in [5, 5.41) is 1.11. The molecule has 2 aromatic carbocycles. The number of hydrogen-bond acceptors (Lipinski definition) is 4. The summed E-state index contributed by atoms with van der Waals surface area (Å²) in [6.07, 6.45) is 0. The summed E-state index contributed by atoms with van der Waals surface area (Å²) < 4.78 is 11.1. The molecule has 0 aliphatic carbocycles. The molecule has 5 heteroatoms. The lowest BCUT2D eigenvalue weighted by molar-refractivity contribution is -0.128. The summed E-state index contributed by atoms with van der Waals surface area (Å²) >= 11 is 0. The smallest absolute Gasteiger partial charge is 0.254 e. The van der Waals surface area contributed by atoms with Gasteiger partial charge in [-0.15, -0.1) is 0 Å². The van der Waals surface area contributed by atoms with Gasteiger partial charge < -0.3 is 14.4 Å². The first-order valence-electron chi connectivity index (χ1n) is 9.34. The van der Waals surface area contributed by atoms with E-state index in [9.17, 15) is 4.79 Å². The molecule has 1 aromatic heterocycles. The van der Waals surface area contributed by atoms with Crippen molar-refractivity contribution in [1.82, 2.24) is 9.88 Å². The molecule has 1 fully saturated rings. The third kappa shape index (κ3) is 4.05. The van der Waals surface area contributed by atoms with E-state index in [1.807, 2.05) is 60.7 Å². The van der Waals surface area contributed by atoms with Gasteiger partial charge in [-0.3, -0.25) is 4.79 Å². The normalized spacial score (nSPS) is 14.1. The number of hydrogen-bond donors (Lipinski definition) is 0. The van der Waals surface area contributed by atoms with Crippen LogP contribution in [0, 0.1) is 0 Å². The Morgan fingerprint density at radius 3 is 2.57 bits per heavy atom. The van der Waals surface area contributed by atoms with Gasteiger partial charge >= 0.3 is 0 Å². The second-order valence-corrected chi connectivity index (χ2v) is 6.69. The number of rotatable bonds is 5. The van der Waals surface area contributed by atoms with E-state index in [4.69, 9.17) is 9.47 Å².